The summed E-state index contributed by atoms with van der Waals surface area (Å²) in [5, 5.41) is 3.96. The highest BCUT2D eigenvalue weighted by Gasteiger charge is 2.29. The number of aryl methyl sites for hydroxylation is 1. The Morgan fingerprint density at radius 1 is 1.38 bits per heavy atom. The zero-order chi connectivity index (χ0) is 16.9. The van der Waals surface area contributed by atoms with Gasteiger partial charge >= 0.3 is 0 Å². The van der Waals surface area contributed by atoms with Crippen molar-refractivity contribution in [2.24, 2.45) is 0 Å². The Morgan fingerprint density at radius 2 is 2.17 bits per heavy atom. The van der Waals surface area contributed by atoms with E-state index in [0.717, 1.165) is 31.6 Å². The van der Waals surface area contributed by atoms with Gasteiger partial charge in [0.1, 0.15) is 0 Å². The third kappa shape index (κ3) is 3.80. The molecule has 6 nitrogen and oxygen atoms in total. The first kappa shape index (κ1) is 16.6. The maximum absolute atomic E-state index is 12.6. The monoisotopic (exact) mass is 328 g/mol. The van der Waals surface area contributed by atoms with Crippen LogP contribution in [-0.4, -0.2) is 32.5 Å². The minimum Gasteiger partial charge on any atom is -0.339 e. The van der Waals surface area contributed by atoms with Crippen LogP contribution in [0.15, 0.2) is 29.0 Å². The van der Waals surface area contributed by atoms with Gasteiger partial charge in [-0.25, -0.2) is 0 Å². The molecule has 0 bridgehead atoms. The SMILES string of the molecule is CC(C)c1noc(CCCC(=O)N2CCC[C@H]2c2ccncc2)n1. The molecule has 0 spiro atoms. The van der Waals surface area contributed by atoms with Crippen LogP contribution in [0.2, 0.25) is 0 Å². The Labute approximate surface area is 142 Å². The van der Waals surface area contributed by atoms with Gasteiger partial charge in [-0.15, -0.1) is 0 Å². The van der Waals surface area contributed by atoms with Crippen LogP contribution in [0, 0.1) is 0 Å². The number of rotatable bonds is 6. The number of likely N-dealkylation sites (tertiary alicyclic amines) is 1. The van der Waals surface area contributed by atoms with Crippen LogP contribution >= 0.6 is 0 Å². The Bertz CT molecular complexity index is 669. The molecular formula is C18H24N4O2. The molecule has 24 heavy (non-hydrogen) atoms. The molecule has 6 heteroatoms. The summed E-state index contributed by atoms with van der Waals surface area (Å²) in [5.74, 6) is 1.82. The second-order valence-corrected chi connectivity index (χ2v) is 6.58. The van der Waals surface area contributed by atoms with Crippen molar-refractivity contribution in [3.63, 3.8) is 0 Å². The van der Waals surface area contributed by atoms with E-state index in [-0.39, 0.29) is 17.9 Å². The summed E-state index contributed by atoms with van der Waals surface area (Å²) >= 11 is 0. The van der Waals surface area contributed by atoms with Gasteiger partial charge in [-0.3, -0.25) is 9.78 Å². The molecule has 0 radical (unpaired) electrons. The lowest BCUT2D eigenvalue weighted by Gasteiger charge is -2.25. The second kappa shape index (κ2) is 7.55. The Morgan fingerprint density at radius 3 is 2.88 bits per heavy atom. The van der Waals surface area contributed by atoms with Gasteiger partial charge in [0.25, 0.3) is 0 Å². The summed E-state index contributed by atoms with van der Waals surface area (Å²) in [6, 6.07) is 4.20. The Balaban J connectivity index is 1.52. The van der Waals surface area contributed by atoms with E-state index in [1.807, 2.05) is 30.9 Å². The number of carbonyl (C=O) groups excluding carboxylic acids is 1. The van der Waals surface area contributed by atoms with Crippen LogP contribution in [0.25, 0.3) is 0 Å². The fourth-order valence-electron chi connectivity index (χ4n) is 3.14. The maximum Gasteiger partial charge on any atom is 0.226 e. The number of amides is 1. The summed E-state index contributed by atoms with van der Waals surface area (Å²) < 4.78 is 5.23. The number of hydrogen-bond acceptors (Lipinski definition) is 5. The molecule has 3 rings (SSSR count). The molecule has 1 aliphatic heterocycles. The molecule has 0 saturated carbocycles. The Kier molecular flexibility index (Phi) is 5.23. The van der Waals surface area contributed by atoms with Crippen molar-refractivity contribution >= 4 is 5.91 Å². The van der Waals surface area contributed by atoms with E-state index in [4.69, 9.17) is 4.52 Å². The lowest BCUT2D eigenvalue weighted by atomic mass is 10.1. The van der Waals surface area contributed by atoms with Crippen LogP contribution in [0.1, 0.15) is 68.8 Å². The van der Waals surface area contributed by atoms with E-state index >= 15 is 0 Å². The third-order valence-corrected chi connectivity index (χ3v) is 4.45. The van der Waals surface area contributed by atoms with Crippen molar-refractivity contribution < 1.29 is 9.32 Å². The molecule has 0 unspecified atom stereocenters. The largest absolute Gasteiger partial charge is 0.339 e. The van der Waals surface area contributed by atoms with Crippen LogP contribution < -0.4 is 0 Å². The van der Waals surface area contributed by atoms with Gasteiger partial charge in [0.2, 0.25) is 11.8 Å². The van der Waals surface area contributed by atoms with Gasteiger partial charge in [0.15, 0.2) is 5.82 Å². The van der Waals surface area contributed by atoms with E-state index in [1.165, 1.54) is 5.56 Å². The number of carbonyl (C=O) groups is 1. The van der Waals surface area contributed by atoms with Gasteiger partial charge in [0, 0.05) is 37.7 Å². The van der Waals surface area contributed by atoms with Gasteiger partial charge in [-0.05, 0) is 37.0 Å². The first-order chi connectivity index (χ1) is 11.6. The van der Waals surface area contributed by atoms with Crippen molar-refractivity contribution in [2.45, 2.75) is 57.9 Å². The fraction of sp³-hybridized carbons (Fsp3) is 0.556. The number of hydrogen-bond donors (Lipinski definition) is 0. The van der Waals surface area contributed by atoms with Crippen LogP contribution in [-0.2, 0) is 11.2 Å². The van der Waals surface area contributed by atoms with Crippen molar-refractivity contribution in [2.75, 3.05) is 6.54 Å². The third-order valence-electron chi connectivity index (χ3n) is 4.45. The van der Waals surface area contributed by atoms with Crippen molar-refractivity contribution in [3.8, 4) is 0 Å². The molecule has 1 fully saturated rings. The molecule has 128 valence electrons. The van der Waals surface area contributed by atoms with Gasteiger partial charge in [0.05, 0.1) is 6.04 Å². The van der Waals surface area contributed by atoms with Crippen LogP contribution in [0.4, 0.5) is 0 Å². The number of aromatic nitrogens is 3. The summed E-state index contributed by atoms with van der Waals surface area (Å²) in [6.07, 6.45) is 7.56. The molecule has 2 aromatic heterocycles. The summed E-state index contributed by atoms with van der Waals surface area (Å²) in [6.45, 7) is 4.90. The minimum absolute atomic E-state index is 0.191. The first-order valence-electron chi connectivity index (χ1n) is 8.67. The highest BCUT2D eigenvalue weighted by molar-refractivity contribution is 5.77. The highest BCUT2D eigenvalue weighted by atomic mass is 16.5. The quantitative estimate of drug-likeness (QED) is 0.814. The molecule has 1 amide bonds. The van der Waals surface area contributed by atoms with E-state index in [0.29, 0.717) is 18.7 Å². The lowest BCUT2D eigenvalue weighted by molar-refractivity contribution is -0.132. The molecule has 1 saturated heterocycles. The second-order valence-electron chi connectivity index (χ2n) is 6.58. The normalized spacial score (nSPS) is 17.6. The fourth-order valence-corrected chi connectivity index (χ4v) is 3.14. The van der Waals surface area contributed by atoms with Gasteiger partial charge in [-0.1, -0.05) is 19.0 Å². The zero-order valence-electron chi connectivity index (χ0n) is 14.3. The summed E-state index contributed by atoms with van der Waals surface area (Å²) in [4.78, 5) is 23.0. The number of pyridine rings is 1. The van der Waals surface area contributed by atoms with Gasteiger partial charge < -0.3 is 9.42 Å². The predicted molar refractivity (Wildman–Crippen MR) is 89.3 cm³/mol. The van der Waals surface area contributed by atoms with Gasteiger partial charge in [-0.2, -0.15) is 4.98 Å². The molecule has 1 atom stereocenters. The van der Waals surface area contributed by atoms with E-state index in [2.05, 4.69) is 15.1 Å². The average molecular weight is 328 g/mol. The first-order valence-corrected chi connectivity index (χ1v) is 8.67. The smallest absolute Gasteiger partial charge is 0.226 e. The predicted octanol–water partition coefficient (Wildman–Crippen LogP) is 3.27. The molecule has 3 heterocycles. The highest BCUT2D eigenvalue weighted by Crippen LogP contribution is 2.32. The molecular weight excluding hydrogens is 304 g/mol. The maximum atomic E-state index is 12.6. The summed E-state index contributed by atoms with van der Waals surface area (Å²) in [7, 11) is 0. The van der Waals surface area contributed by atoms with Crippen molar-refractivity contribution in [1.29, 1.82) is 0 Å². The van der Waals surface area contributed by atoms with Crippen molar-refractivity contribution in [1.82, 2.24) is 20.0 Å². The van der Waals surface area contributed by atoms with Crippen molar-refractivity contribution in [3.05, 3.63) is 41.8 Å². The molecule has 2 aromatic rings. The lowest BCUT2D eigenvalue weighted by Crippen LogP contribution is -2.30. The molecule has 0 aliphatic carbocycles. The standard InChI is InChI=1S/C18H24N4O2/c1-13(2)18-20-16(24-21-18)6-3-7-17(23)22-12-4-5-15(22)14-8-10-19-11-9-14/h8-11,13,15H,3-7,12H2,1-2H3/t15-/m0/s1. The van der Waals surface area contributed by atoms with E-state index in [9.17, 15) is 4.79 Å². The average Bonchev–Trinajstić information content (AvgIpc) is 3.25. The minimum atomic E-state index is 0.191. The molecule has 0 N–H and O–H groups in total. The van der Waals surface area contributed by atoms with Crippen LogP contribution in [0.5, 0.6) is 0 Å². The van der Waals surface area contributed by atoms with E-state index in [1.54, 1.807) is 12.4 Å². The summed E-state index contributed by atoms with van der Waals surface area (Å²) in [5.41, 5.74) is 1.18. The number of nitrogens with zero attached hydrogens (tertiary/aromatic N) is 4. The topological polar surface area (TPSA) is 72.1 Å². The zero-order valence-corrected chi connectivity index (χ0v) is 14.3. The molecule has 0 aromatic carbocycles. The Hall–Kier alpha value is -2.24. The molecule has 1 aliphatic rings. The van der Waals surface area contributed by atoms with E-state index < -0.39 is 0 Å². The van der Waals surface area contributed by atoms with Crippen LogP contribution in [0.3, 0.4) is 0 Å².